The van der Waals surface area contributed by atoms with Gasteiger partial charge in [-0.3, -0.25) is 9.69 Å². The van der Waals surface area contributed by atoms with Gasteiger partial charge in [0.05, 0.1) is 36.1 Å². The topological polar surface area (TPSA) is 122 Å². The molecule has 0 spiro atoms. The highest BCUT2D eigenvalue weighted by molar-refractivity contribution is 6.07. The third-order valence-electron chi connectivity index (χ3n) is 9.73. The zero-order chi connectivity index (χ0) is 36.6. The van der Waals surface area contributed by atoms with Crippen LogP contribution in [0.4, 0.5) is 16.2 Å². The van der Waals surface area contributed by atoms with Crippen molar-refractivity contribution in [2.45, 2.75) is 64.8 Å². The fourth-order valence-corrected chi connectivity index (χ4v) is 6.80. The van der Waals surface area contributed by atoms with Gasteiger partial charge in [-0.05, 0) is 87.5 Å². The molecule has 4 atom stereocenters. The highest BCUT2D eigenvalue weighted by atomic mass is 16.7. The maximum atomic E-state index is 14.5. The number of aliphatic hydroxyl groups is 1. The Balaban J connectivity index is 1.22. The average Bonchev–Trinajstić information content (AvgIpc) is 3.61. The molecule has 0 unspecified atom stereocenters. The quantitative estimate of drug-likeness (QED) is 0.177. The molecule has 0 bridgehead atoms. The van der Waals surface area contributed by atoms with Gasteiger partial charge in [-0.2, -0.15) is 0 Å². The lowest BCUT2D eigenvalue weighted by Gasteiger charge is -2.36. The molecule has 11 heteroatoms. The van der Waals surface area contributed by atoms with Gasteiger partial charge in [-0.15, -0.1) is 0 Å². The van der Waals surface area contributed by atoms with Crippen molar-refractivity contribution < 1.29 is 33.6 Å². The average molecular weight is 711 g/mol. The second-order valence-corrected chi connectivity index (χ2v) is 14.0. The molecule has 0 aliphatic carbocycles. The summed E-state index contributed by atoms with van der Waals surface area (Å²) in [4.78, 5) is 31.7. The Morgan fingerprint density at radius 2 is 1.75 bits per heavy atom. The minimum atomic E-state index is -0.480. The Morgan fingerprint density at radius 1 is 0.962 bits per heavy atom. The van der Waals surface area contributed by atoms with Crippen LogP contribution >= 0.6 is 0 Å². The summed E-state index contributed by atoms with van der Waals surface area (Å²) in [5, 5.41) is 18.1. The van der Waals surface area contributed by atoms with E-state index in [0.29, 0.717) is 48.9 Å². The van der Waals surface area contributed by atoms with Crippen LogP contribution in [-0.2, 0) is 11.3 Å². The number of hydrogen-bond acceptors (Lipinski definition) is 8. The van der Waals surface area contributed by atoms with E-state index in [4.69, 9.17) is 18.9 Å². The first-order valence-corrected chi connectivity index (χ1v) is 18.2. The van der Waals surface area contributed by atoms with Gasteiger partial charge in [-0.25, -0.2) is 4.79 Å². The first kappa shape index (κ1) is 36.9. The Hall–Kier alpha value is -4.84. The molecule has 4 aromatic carbocycles. The Bertz CT molecular complexity index is 1850. The molecule has 3 amide bonds. The standard InChI is InChI=1S/C41H50N4O7/c1-27-22-45(28(2)25-46)40(47)34-21-32(42-41(48)43-35-14-9-12-31-11-5-6-13-33(31)35)16-18-36(34)52-29(3)10-7-8-19-49-39(27)24-44(4)23-30-15-17-37-38(20-30)51-26-50-37/h5-6,9,11-18,20-21,27-29,39,46H,7-8,10,19,22-26H2,1-4H3,(H2,42,43,48)/t27-,28-,29+,39+/m1/s1. The number of anilines is 2. The smallest absolute Gasteiger partial charge is 0.323 e. The fraction of sp³-hybridized carbons (Fsp3) is 0.415. The van der Waals surface area contributed by atoms with Crippen molar-refractivity contribution in [1.29, 1.82) is 0 Å². The SMILES string of the molecule is C[C@@H]1CN([C@H](C)CO)C(=O)c2cc(NC(=O)Nc3cccc4ccccc34)ccc2O[C@@H](C)CCCCO[C@H]1CN(C)Cc1ccc2c(c1)OCO2. The number of carbonyl (C=O) groups is 2. The van der Waals surface area contributed by atoms with Crippen LogP contribution in [0.3, 0.4) is 0 Å². The molecule has 52 heavy (non-hydrogen) atoms. The third-order valence-corrected chi connectivity index (χ3v) is 9.73. The first-order valence-electron chi connectivity index (χ1n) is 18.2. The van der Waals surface area contributed by atoms with E-state index in [1.54, 1.807) is 23.1 Å². The summed E-state index contributed by atoms with van der Waals surface area (Å²) in [6.45, 7) is 8.19. The van der Waals surface area contributed by atoms with Crippen molar-refractivity contribution in [3.63, 3.8) is 0 Å². The van der Waals surface area contributed by atoms with Gasteiger partial charge in [0.15, 0.2) is 11.5 Å². The van der Waals surface area contributed by atoms with Gasteiger partial charge in [-0.1, -0.05) is 49.4 Å². The van der Waals surface area contributed by atoms with Crippen LogP contribution in [0.2, 0.25) is 0 Å². The fourth-order valence-electron chi connectivity index (χ4n) is 6.80. The summed E-state index contributed by atoms with van der Waals surface area (Å²) in [6.07, 6.45) is 2.22. The predicted octanol–water partition coefficient (Wildman–Crippen LogP) is 7.14. The minimum absolute atomic E-state index is 0.0730. The molecule has 0 saturated carbocycles. The maximum absolute atomic E-state index is 14.5. The second kappa shape index (κ2) is 17.1. The van der Waals surface area contributed by atoms with Crippen molar-refractivity contribution in [1.82, 2.24) is 9.80 Å². The van der Waals surface area contributed by atoms with Crippen LogP contribution in [0.1, 0.15) is 56.0 Å². The van der Waals surface area contributed by atoms with Crippen molar-refractivity contribution in [2.24, 2.45) is 5.92 Å². The lowest BCUT2D eigenvalue weighted by Crippen LogP contribution is -2.47. The molecule has 11 nitrogen and oxygen atoms in total. The zero-order valence-electron chi connectivity index (χ0n) is 30.5. The van der Waals surface area contributed by atoms with Gasteiger partial charge in [0.25, 0.3) is 5.91 Å². The molecular weight excluding hydrogens is 660 g/mol. The number of rotatable bonds is 8. The zero-order valence-corrected chi connectivity index (χ0v) is 30.5. The van der Waals surface area contributed by atoms with Crippen molar-refractivity contribution in [3.8, 4) is 17.2 Å². The molecule has 276 valence electrons. The summed E-state index contributed by atoms with van der Waals surface area (Å²) in [5.41, 5.74) is 2.54. The predicted molar refractivity (Wildman–Crippen MR) is 202 cm³/mol. The summed E-state index contributed by atoms with van der Waals surface area (Å²) >= 11 is 0. The molecule has 4 aromatic rings. The number of carbonyl (C=O) groups excluding carboxylic acids is 2. The van der Waals surface area contributed by atoms with Crippen LogP contribution in [-0.4, -0.2) is 85.2 Å². The van der Waals surface area contributed by atoms with Gasteiger partial charge in [0.2, 0.25) is 6.79 Å². The number of ether oxygens (including phenoxy) is 4. The molecule has 0 fully saturated rings. The second-order valence-electron chi connectivity index (χ2n) is 14.0. The highest BCUT2D eigenvalue weighted by Crippen LogP contribution is 2.33. The summed E-state index contributed by atoms with van der Waals surface area (Å²) in [7, 11) is 2.06. The van der Waals surface area contributed by atoms with E-state index >= 15 is 0 Å². The van der Waals surface area contributed by atoms with E-state index in [1.807, 2.05) is 74.5 Å². The van der Waals surface area contributed by atoms with E-state index in [1.165, 1.54) is 0 Å². The van der Waals surface area contributed by atoms with Crippen LogP contribution in [0, 0.1) is 5.92 Å². The number of hydrogen-bond donors (Lipinski definition) is 3. The number of likely N-dealkylation sites (N-methyl/N-ethyl adjacent to an activating group) is 1. The third kappa shape index (κ3) is 9.14. The van der Waals surface area contributed by atoms with Crippen molar-refractivity contribution in [2.75, 3.05) is 50.8 Å². The number of nitrogens with one attached hydrogen (secondary N) is 2. The number of amides is 3. The summed E-state index contributed by atoms with van der Waals surface area (Å²) in [6, 6.07) is 23.8. The largest absolute Gasteiger partial charge is 0.490 e. The Labute approximate surface area is 305 Å². The Kier molecular flexibility index (Phi) is 12.2. The van der Waals surface area contributed by atoms with Crippen molar-refractivity contribution in [3.05, 3.63) is 90.0 Å². The molecule has 2 aliphatic rings. The lowest BCUT2D eigenvalue weighted by molar-refractivity contribution is -0.0177. The molecule has 0 radical (unpaired) electrons. The number of urea groups is 1. The van der Waals surface area contributed by atoms with Gasteiger partial charge in [0.1, 0.15) is 5.75 Å². The van der Waals surface area contributed by atoms with Gasteiger partial charge in [0, 0.05) is 43.2 Å². The number of nitrogens with zero attached hydrogens (tertiary/aromatic N) is 2. The molecule has 0 aromatic heterocycles. The van der Waals surface area contributed by atoms with Crippen LogP contribution in [0.15, 0.2) is 78.9 Å². The number of benzene rings is 4. The molecule has 3 N–H and O–H groups in total. The van der Waals surface area contributed by atoms with Crippen LogP contribution < -0.4 is 24.8 Å². The summed E-state index contributed by atoms with van der Waals surface area (Å²) in [5.74, 6) is 1.58. The van der Waals surface area contributed by atoms with Crippen molar-refractivity contribution >= 4 is 34.1 Å². The van der Waals surface area contributed by atoms with E-state index in [0.717, 1.165) is 47.1 Å². The maximum Gasteiger partial charge on any atom is 0.323 e. The molecule has 2 heterocycles. The normalized spacial score (nSPS) is 20.2. The van der Waals surface area contributed by atoms with Gasteiger partial charge < -0.3 is 39.6 Å². The van der Waals surface area contributed by atoms with E-state index in [2.05, 4.69) is 29.5 Å². The molecule has 2 aliphatic heterocycles. The molecule has 0 saturated heterocycles. The number of fused-ring (bicyclic) bond motifs is 3. The molecule has 6 rings (SSSR count). The Morgan fingerprint density at radius 3 is 2.60 bits per heavy atom. The monoisotopic (exact) mass is 710 g/mol. The van der Waals surface area contributed by atoms with E-state index < -0.39 is 12.1 Å². The lowest BCUT2D eigenvalue weighted by atomic mass is 10.0. The molecular formula is C41H50N4O7. The minimum Gasteiger partial charge on any atom is -0.490 e. The highest BCUT2D eigenvalue weighted by Gasteiger charge is 2.30. The first-order chi connectivity index (χ1) is 25.2. The van der Waals surface area contributed by atoms with E-state index in [9.17, 15) is 14.7 Å². The number of aliphatic hydroxyl groups excluding tert-OH is 1. The van der Waals surface area contributed by atoms with E-state index in [-0.39, 0.29) is 37.4 Å². The van der Waals surface area contributed by atoms with Crippen LogP contribution in [0.5, 0.6) is 17.2 Å². The van der Waals surface area contributed by atoms with Gasteiger partial charge >= 0.3 is 6.03 Å². The summed E-state index contributed by atoms with van der Waals surface area (Å²) < 4.78 is 24.0. The van der Waals surface area contributed by atoms with Crippen LogP contribution in [0.25, 0.3) is 10.8 Å².